The lowest BCUT2D eigenvalue weighted by molar-refractivity contribution is 1.30. The van der Waals surface area contributed by atoms with Crippen LogP contribution in [0.25, 0.3) is 0 Å². The highest BCUT2D eigenvalue weighted by Gasteiger charge is 1.91. The third-order valence-corrected chi connectivity index (χ3v) is 1.43. The first-order valence-corrected chi connectivity index (χ1v) is 3.78. The molecule has 2 heteroatoms. The van der Waals surface area contributed by atoms with E-state index >= 15 is 0 Å². The number of nitrogen functional groups attached to an aromatic ring is 1. The molecule has 0 radical (unpaired) electrons. The molecule has 4 N–H and O–H groups in total. The monoisotopic (exact) mass is 160 g/mol. The van der Waals surface area contributed by atoms with E-state index in [1.807, 2.05) is 25.1 Å². The molecule has 0 amide bonds. The lowest BCUT2D eigenvalue weighted by Gasteiger charge is -1.97. The van der Waals surface area contributed by atoms with Crippen molar-refractivity contribution in [2.45, 2.75) is 6.92 Å². The minimum Gasteiger partial charge on any atom is -0.399 e. The summed E-state index contributed by atoms with van der Waals surface area (Å²) >= 11 is 0. The Morgan fingerprint density at radius 2 is 2.08 bits per heavy atom. The maximum atomic E-state index is 5.63. The van der Waals surface area contributed by atoms with Gasteiger partial charge in [0.05, 0.1) is 6.54 Å². The Hall–Kier alpha value is -1.46. The fourth-order valence-electron chi connectivity index (χ4n) is 1.04. The normalized spacial score (nSPS) is 8.83. The maximum absolute atomic E-state index is 5.63. The van der Waals surface area contributed by atoms with Gasteiger partial charge in [-0.3, -0.25) is 0 Å². The van der Waals surface area contributed by atoms with Crippen molar-refractivity contribution in [3.63, 3.8) is 0 Å². The van der Waals surface area contributed by atoms with Gasteiger partial charge in [0.25, 0.3) is 0 Å². The van der Waals surface area contributed by atoms with Crippen LogP contribution in [0.2, 0.25) is 0 Å². The van der Waals surface area contributed by atoms with Crippen molar-refractivity contribution in [1.29, 1.82) is 0 Å². The molecular weight excluding hydrogens is 148 g/mol. The van der Waals surface area contributed by atoms with E-state index in [9.17, 15) is 0 Å². The summed E-state index contributed by atoms with van der Waals surface area (Å²) in [6.45, 7) is 2.37. The van der Waals surface area contributed by atoms with Crippen LogP contribution in [-0.2, 0) is 0 Å². The summed E-state index contributed by atoms with van der Waals surface area (Å²) in [5, 5.41) is 0. The minimum atomic E-state index is 0.383. The van der Waals surface area contributed by atoms with Crippen molar-refractivity contribution < 1.29 is 0 Å². The number of hydrogen-bond acceptors (Lipinski definition) is 2. The van der Waals surface area contributed by atoms with E-state index < -0.39 is 0 Å². The van der Waals surface area contributed by atoms with Crippen molar-refractivity contribution in [3.8, 4) is 11.8 Å². The van der Waals surface area contributed by atoms with Crippen molar-refractivity contribution in [3.05, 3.63) is 29.3 Å². The Labute approximate surface area is 72.6 Å². The zero-order chi connectivity index (χ0) is 8.97. The highest BCUT2D eigenvalue weighted by molar-refractivity contribution is 5.49. The summed E-state index contributed by atoms with van der Waals surface area (Å²) in [6.07, 6.45) is 0. The van der Waals surface area contributed by atoms with Crippen molar-refractivity contribution in [2.75, 3.05) is 12.3 Å². The first-order valence-electron chi connectivity index (χ1n) is 3.78. The smallest absolute Gasteiger partial charge is 0.0555 e. The molecule has 0 saturated heterocycles. The zero-order valence-electron chi connectivity index (χ0n) is 7.09. The summed E-state index contributed by atoms with van der Waals surface area (Å²) in [5.41, 5.74) is 13.7. The van der Waals surface area contributed by atoms with Gasteiger partial charge in [0.2, 0.25) is 0 Å². The van der Waals surface area contributed by atoms with E-state index in [1.54, 1.807) is 0 Å². The minimum absolute atomic E-state index is 0.383. The number of nitrogens with two attached hydrogens (primary N) is 2. The zero-order valence-corrected chi connectivity index (χ0v) is 7.09. The second-order valence-electron chi connectivity index (χ2n) is 2.64. The Morgan fingerprint density at radius 3 is 2.67 bits per heavy atom. The van der Waals surface area contributed by atoms with Gasteiger partial charge in [-0.1, -0.05) is 11.8 Å². The second-order valence-corrected chi connectivity index (χ2v) is 2.64. The number of anilines is 1. The molecule has 1 rings (SSSR count). The molecular formula is C10H12N2. The molecule has 0 atom stereocenters. The third kappa shape index (κ3) is 2.30. The molecule has 0 aliphatic rings. The molecule has 2 nitrogen and oxygen atoms in total. The quantitative estimate of drug-likeness (QED) is 0.437. The molecule has 0 unspecified atom stereocenters. The Kier molecular flexibility index (Phi) is 2.73. The molecule has 1 aromatic carbocycles. The van der Waals surface area contributed by atoms with Gasteiger partial charge < -0.3 is 11.5 Å². The van der Waals surface area contributed by atoms with Crippen LogP contribution in [0.1, 0.15) is 11.1 Å². The molecule has 0 bridgehead atoms. The van der Waals surface area contributed by atoms with Gasteiger partial charge in [-0.15, -0.1) is 0 Å². The summed E-state index contributed by atoms with van der Waals surface area (Å²) in [5.74, 6) is 5.71. The first kappa shape index (κ1) is 8.63. The average Bonchev–Trinajstić information content (AvgIpc) is 1.99. The van der Waals surface area contributed by atoms with Crippen LogP contribution in [0, 0.1) is 18.8 Å². The SMILES string of the molecule is Cc1cc(N)cc(C#CCN)c1. The molecule has 0 saturated carbocycles. The standard InChI is InChI=1S/C10H12N2/c1-8-5-9(3-2-4-11)7-10(12)6-8/h5-7H,4,11-12H2,1H3. The van der Waals surface area contributed by atoms with E-state index in [0.29, 0.717) is 6.54 Å². The summed E-state index contributed by atoms with van der Waals surface area (Å²) in [6, 6.07) is 5.74. The van der Waals surface area contributed by atoms with Gasteiger partial charge in [-0.05, 0) is 30.7 Å². The van der Waals surface area contributed by atoms with Gasteiger partial charge in [-0.2, -0.15) is 0 Å². The molecule has 0 spiro atoms. The van der Waals surface area contributed by atoms with Crippen LogP contribution in [0.3, 0.4) is 0 Å². The fourth-order valence-corrected chi connectivity index (χ4v) is 1.04. The third-order valence-electron chi connectivity index (χ3n) is 1.43. The van der Waals surface area contributed by atoms with Gasteiger partial charge >= 0.3 is 0 Å². The van der Waals surface area contributed by atoms with E-state index in [0.717, 1.165) is 16.8 Å². The first-order chi connectivity index (χ1) is 5.72. The molecule has 0 fully saturated rings. The van der Waals surface area contributed by atoms with Crippen molar-refractivity contribution >= 4 is 5.69 Å². The van der Waals surface area contributed by atoms with Crippen molar-refractivity contribution in [2.24, 2.45) is 5.73 Å². The van der Waals surface area contributed by atoms with Crippen LogP contribution in [0.15, 0.2) is 18.2 Å². The summed E-state index contributed by atoms with van der Waals surface area (Å²) in [4.78, 5) is 0. The van der Waals surface area contributed by atoms with Gasteiger partial charge in [0, 0.05) is 11.3 Å². The van der Waals surface area contributed by atoms with E-state index in [-0.39, 0.29) is 0 Å². The largest absolute Gasteiger partial charge is 0.399 e. The second kappa shape index (κ2) is 3.80. The number of aryl methyl sites for hydroxylation is 1. The number of hydrogen-bond donors (Lipinski definition) is 2. The Bertz CT molecular complexity index is 311. The van der Waals surface area contributed by atoms with Crippen LogP contribution in [0.5, 0.6) is 0 Å². The lowest BCUT2D eigenvalue weighted by Crippen LogP contribution is -1.93. The van der Waals surface area contributed by atoms with Crippen LogP contribution in [0.4, 0.5) is 5.69 Å². The predicted octanol–water partition coefficient (Wildman–Crippen LogP) is 0.887. The Balaban J connectivity index is 3.01. The lowest BCUT2D eigenvalue weighted by atomic mass is 10.1. The molecule has 12 heavy (non-hydrogen) atoms. The summed E-state index contributed by atoms with van der Waals surface area (Å²) in [7, 11) is 0. The molecule has 0 aliphatic heterocycles. The maximum Gasteiger partial charge on any atom is 0.0555 e. The van der Waals surface area contributed by atoms with Crippen molar-refractivity contribution in [1.82, 2.24) is 0 Å². The van der Waals surface area contributed by atoms with Crippen LogP contribution in [-0.4, -0.2) is 6.54 Å². The Morgan fingerprint density at radius 1 is 1.33 bits per heavy atom. The highest BCUT2D eigenvalue weighted by atomic mass is 14.5. The topological polar surface area (TPSA) is 52.0 Å². The van der Waals surface area contributed by atoms with E-state index in [1.165, 1.54) is 0 Å². The summed E-state index contributed by atoms with van der Waals surface area (Å²) < 4.78 is 0. The van der Waals surface area contributed by atoms with Crippen LogP contribution >= 0.6 is 0 Å². The van der Waals surface area contributed by atoms with E-state index in [4.69, 9.17) is 11.5 Å². The highest BCUT2D eigenvalue weighted by Crippen LogP contribution is 2.09. The van der Waals surface area contributed by atoms with Crippen LogP contribution < -0.4 is 11.5 Å². The van der Waals surface area contributed by atoms with E-state index in [2.05, 4.69) is 11.8 Å². The molecule has 0 aromatic heterocycles. The van der Waals surface area contributed by atoms with Gasteiger partial charge in [0.1, 0.15) is 0 Å². The molecule has 0 heterocycles. The molecule has 0 aliphatic carbocycles. The predicted molar refractivity (Wildman–Crippen MR) is 51.5 cm³/mol. The number of benzene rings is 1. The average molecular weight is 160 g/mol. The molecule has 1 aromatic rings. The fraction of sp³-hybridized carbons (Fsp3) is 0.200. The van der Waals surface area contributed by atoms with Gasteiger partial charge in [-0.25, -0.2) is 0 Å². The van der Waals surface area contributed by atoms with Gasteiger partial charge in [0.15, 0.2) is 0 Å². The molecule has 62 valence electrons. The number of rotatable bonds is 0.